The second-order valence-corrected chi connectivity index (χ2v) is 14.4. The fraction of sp³-hybridized carbons (Fsp3) is 0.486. The fourth-order valence-corrected chi connectivity index (χ4v) is 9.16. The molecular formula is C37H44N4O2. The van der Waals surface area contributed by atoms with Crippen molar-refractivity contribution in [3.63, 3.8) is 0 Å². The van der Waals surface area contributed by atoms with E-state index in [1.807, 2.05) is 27.7 Å². The second kappa shape index (κ2) is 9.67. The van der Waals surface area contributed by atoms with Crippen LogP contribution in [0.4, 0.5) is 0 Å². The van der Waals surface area contributed by atoms with Gasteiger partial charge in [-0.1, -0.05) is 0 Å². The summed E-state index contributed by atoms with van der Waals surface area (Å²) < 4.78 is 0. The molecule has 0 radical (unpaired) electrons. The van der Waals surface area contributed by atoms with Gasteiger partial charge >= 0.3 is 0 Å². The number of aliphatic imine (C=N–C) groups is 1. The Morgan fingerprint density at radius 1 is 0.721 bits per heavy atom. The molecule has 8 rings (SSSR count). The number of nitrogens with zero attached hydrogens (tertiary/aromatic N) is 1. The highest BCUT2D eigenvalue weighted by atomic mass is 16.2. The topological polar surface area (TPSA) is 90.1 Å². The molecule has 4 fully saturated rings. The van der Waals surface area contributed by atoms with Crippen molar-refractivity contribution in [2.45, 2.75) is 93.9 Å². The van der Waals surface area contributed by atoms with Crippen LogP contribution >= 0.6 is 0 Å². The minimum absolute atomic E-state index is 0.0131. The smallest absolute Gasteiger partial charge is 0.273 e. The minimum Gasteiger partial charge on any atom is -0.355 e. The Labute approximate surface area is 254 Å². The molecule has 4 saturated carbocycles. The number of hydrogen-bond acceptors (Lipinski definition) is 2. The third-order valence-corrected chi connectivity index (χ3v) is 11.9. The van der Waals surface area contributed by atoms with Gasteiger partial charge in [-0.15, -0.1) is 0 Å². The van der Waals surface area contributed by atoms with Crippen molar-refractivity contribution in [2.75, 3.05) is 0 Å². The third kappa shape index (κ3) is 4.23. The maximum absolute atomic E-state index is 12.4. The Bertz CT molecular complexity index is 1850. The van der Waals surface area contributed by atoms with Crippen molar-refractivity contribution in [2.24, 2.45) is 28.2 Å². The van der Waals surface area contributed by atoms with E-state index in [9.17, 15) is 9.59 Å². The van der Waals surface area contributed by atoms with Crippen LogP contribution in [0.3, 0.4) is 0 Å². The zero-order chi connectivity index (χ0) is 30.5. The lowest BCUT2D eigenvalue weighted by atomic mass is 9.47. The molecule has 4 heterocycles. The number of amides is 2. The molecule has 2 aliphatic heterocycles. The van der Waals surface area contributed by atoms with Crippen LogP contribution in [-0.4, -0.2) is 27.5 Å². The molecule has 6 aliphatic rings. The summed E-state index contributed by atoms with van der Waals surface area (Å²) in [7, 11) is 0. The number of carbonyl (C=O) groups is 2. The number of nitrogens with one attached hydrogen (secondary N) is 3. The predicted octanol–water partition coefficient (Wildman–Crippen LogP) is 5.90. The number of allylic oxidation sites excluding steroid dienone is 2. The summed E-state index contributed by atoms with van der Waals surface area (Å²) >= 11 is 0. The molecule has 0 spiro atoms. The highest BCUT2D eigenvalue weighted by Crippen LogP contribution is 2.64. The molecule has 4 aliphatic carbocycles. The maximum Gasteiger partial charge on any atom is 0.273 e. The molecule has 0 aromatic carbocycles. The summed E-state index contributed by atoms with van der Waals surface area (Å²) in [5.41, 5.74) is 13.9. The third-order valence-electron chi connectivity index (χ3n) is 11.9. The number of aromatic nitrogens is 2. The van der Waals surface area contributed by atoms with E-state index < -0.39 is 0 Å². The Hall–Kier alpha value is -3.67. The van der Waals surface area contributed by atoms with Crippen molar-refractivity contribution in [3.05, 3.63) is 72.3 Å². The van der Waals surface area contributed by atoms with E-state index in [-0.39, 0.29) is 17.2 Å². The molecular weight excluding hydrogens is 532 g/mol. The zero-order valence-corrected chi connectivity index (χ0v) is 26.9. The van der Waals surface area contributed by atoms with Crippen molar-refractivity contribution in [1.29, 1.82) is 0 Å². The molecule has 6 nitrogen and oxygen atoms in total. The van der Waals surface area contributed by atoms with Crippen LogP contribution < -0.4 is 16.0 Å². The van der Waals surface area contributed by atoms with Gasteiger partial charge in [-0.2, -0.15) is 0 Å². The largest absolute Gasteiger partial charge is 0.355 e. The quantitative estimate of drug-likeness (QED) is 0.423. The fourth-order valence-electron chi connectivity index (χ4n) is 9.16. The normalized spacial score (nSPS) is 30.4. The summed E-state index contributed by atoms with van der Waals surface area (Å²) in [6.45, 7) is 16.6. The first-order valence-electron chi connectivity index (χ1n) is 16.0. The maximum atomic E-state index is 12.4. The predicted molar refractivity (Wildman–Crippen MR) is 173 cm³/mol. The summed E-state index contributed by atoms with van der Waals surface area (Å²) in [5, 5.41) is 5.32. The van der Waals surface area contributed by atoms with Gasteiger partial charge in [0.25, 0.3) is 11.8 Å². The number of H-pyrrole nitrogens is 2. The average molecular weight is 577 g/mol. The minimum atomic E-state index is -0.136. The molecule has 0 saturated heterocycles. The molecule has 2 amide bonds. The van der Waals surface area contributed by atoms with Crippen molar-refractivity contribution in [1.82, 2.24) is 15.3 Å². The van der Waals surface area contributed by atoms with Crippen LogP contribution in [0.1, 0.15) is 99.9 Å². The lowest BCUT2D eigenvalue weighted by molar-refractivity contribution is -0.116. The van der Waals surface area contributed by atoms with Crippen molar-refractivity contribution in [3.8, 4) is 0 Å². The highest BCUT2D eigenvalue weighted by molar-refractivity contribution is 6.30. The van der Waals surface area contributed by atoms with E-state index in [4.69, 9.17) is 0 Å². The van der Waals surface area contributed by atoms with E-state index in [1.54, 1.807) is 0 Å². The lowest BCUT2D eigenvalue weighted by Gasteiger charge is -2.57. The SMILES string of the molecule is CC1=C(C)C(/C=c2\[nH]/c(=C(\c3[nH]c(/C=C4\NC(=O)C(C)=C4C)c(C)c3C)C34CC5CC(CC(C5)C3)C4)c(C)c2C)=NC1=O. The van der Waals surface area contributed by atoms with E-state index in [0.29, 0.717) is 0 Å². The van der Waals surface area contributed by atoms with Gasteiger partial charge in [0.1, 0.15) is 0 Å². The molecule has 6 heteroatoms. The highest BCUT2D eigenvalue weighted by Gasteiger charge is 2.53. The Morgan fingerprint density at radius 2 is 1.35 bits per heavy atom. The Kier molecular flexibility index (Phi) is 6.32. The van der Waals surface area contributed by atoms with Crippen molar-refractivity contribution >= 4 is 35.3 Å². The van der Waals surface area contributed by atoms with E-state index in [1.165, 1.54) is 77.4 Å². The summed E-state index contributed by atoms with van der Waals surface area (Å²) in [5.74, 6) is 2.27. The van der Waals surface area contributed by atoms with Crippen LogP contribution in [0.25, 0.3) is 17.7 Å². The second-order valence-electron chi connectivity index (χ2n) is 14.4. The summed E-state index contributed by atoms with van der Waals surface area (Å²) in [4.78, 5) is 36.9. The summed E-state index contributed by atoms with van der Waals surface area (Å²) in [6, 6.07) is 0. The molecule has 3 N–H and O–H groups in total. The molecule has 224 valence electrons. The molecule has 43 heavy (non-hydrogen) atoms. The first-order valence-corrected chi connectivity index (χ1v) is 16.0. The molecule has 2 aromatic heterocycles. The Morgan fingerprint density at radius 3 is 1.88 bits per heavy atom. The van der Waals surface area contributed by atoms with Gasteiger partial charge in [0.15, 0.2) is 0 Å². The van der Waals surface area contributed by atoms with Gasteiger partial charge in [0, 0.05) is 49.9 Å². The molecule has 2 aromatic rings. The van der Waals surface area contributed by atoms with E-state index >= 15 is 0 Å². The van der Waals surface area contributed by atoms with Crippen LogP contribution in [0.2, 0.25) is 0 Å². The van der Waals surface area contributed by atoms with Gasteiger partial charge in [-0.05, 0) is 157 Å². The number of carbonyl (C=O) groups excluding carboxylic acids is 2. The average Bonchev–Trinajstić information content (AvgIpc) is 3.56. The van der Waals surface area contributed by atoms with Crippen molar-refractivity contribution < 1.29 is 9.59 Å². The van der Waals surface area contributed by atoms with Gasteiger partial charge in [0.05, 0.1) is 5.71 Å². The molecule has 0 unspecified atom stereocenters. The molecule has 4 bridgehead atoms. The lowest BCUT2D eigenvalue weighted by Crippen LogP contribution is -2.48. The van der Waals surface area contributed by atoms with Gasteiger partial charge < -0.3 is 15.3 Å². The zero-order valence-electron chi connectivity index (χ0n) is 26.9. The first-order chi connectivity index (χ1) is 20.4. The van der Waals surface area contributed by atoms with E-state index in [0.717, 1.165) is 62.5 Å². The monoisotopic (exact) mass is 576 g/mol. The first kappa shape index (κ1) is 28.1. The molecule has 0 atom stereocenters. The number of aromatic amines is 2. The van der Waals surface area contributed by atoms with Crippen LogP contribution in [-0.2, 0) is 9.59 Å². The van der Waals surface area contributed by atoms with Crippen LogP contribution in [0, 0.1) is 50.9 Å². The Balaban J connectivity index is 1.47. The van der Waals surface area contributed by atoms with Gasteiger partial charge in [-0.3, -0.25) is 9.59 Å². The standard InChI is InChI=1S/C37H44N4O2/c1-17-21(5)33(38-28(17)12-30-19(3)23(7)35(42)40-30)32(37-14-25-9-26(15-37)11-27(10-25)16-37)34-22(6)18(2)29(39-34)13-31-20(4)24(8)36(43)41-31/h12-13,25-27,38-39H,9-11,14-16H2,1-8H3,(H,40,42)/b29-13-,30-12-,34-32+. The van der Waals surface area contributed by atoms with Crippen LogP contribution in [0.5, 0.6) is 0 Å². The van der Waals surface area contributed by atoms with Gasteiger partial charge in [0.2, 0.25) is 0 Å². The van der Waals surface area contributed by atoms with Crippen LogP contribution in [0.15, 0.2) is 33.0 Å². The number of rotatable bonds is 4. The number of hydrogen-bond donors (Lipinski definition) is 3. The van der Waals surface area contributed by atoms with E-state index in [2.05, 4.69) is 60.1 Å². The summed E-state index contributed by atoms with van der Waals surface area (Å²) in [6.07, 6.45) is 12.1. The van der Waals surface area contributed by atoms with Gasteiger partial charge in [-0.25, -0.2) is 4.99 Å².